The quantitative estimate of drug-likeness (QED) is 0.313. The van der Waals surface area contributed by atoms with Crippen molar-refractivity contribution in [3.63, 3.8) is 0 Å². The summed E-state index contributed by atoms with van der Waals surface area (Å²) in [5, 5.41) is 0. The Hall–Kier alpha value is -3.94. The smallest absolute Gasteiger partial charge is 0.289 e. The summed E-state index contributed by atoms with van der Waals surface area (Å²) in [5.41, 5.74) is 4.26. The molecule has 200 valence electrons. The lowest BCUT2D eigenvalue weighted by molar-refractivity contribution is 0.0281. The van der Waals surface area contributed by atoms with Crippen LogP contribution in [0.25, 0.3) is 0 Å². The summed E-state index contributed by atoms with van der Waals surface area (Å²) in [6, 6.07) is 27.0. The Morgan fingerprint density at radius 1 is 0.923 bits per heavy atom. The highest BCUT2D eigenvalue weighted by Crippen LogP contribution is 2.38. The number of morpholine rings is 1. The number of carbonyl (C=O) groups excluding carboxylic acids is 1. The van der Waals surface area contributed by atoms with Gasteiger partial charge in [-0.1, -0.05) is 54.6 Å². The molecule has 1 fully saturated rings. The van der Waals surface area contributed by atoms with Crippen molar-refractivity contribution in [1.82, 2.24) is 9.80 Å². The van der Waals surface area contributed by atoms with Gasteiger partial charge in [-0.25, -0.2) is 4.39 Å². The van der Waals surface area contributed by atoms with Crippen molar-refractivity contribution in [2.24, 2.45) is 0 Å². The minimum atomic E-state index is -0.183. The molecule has 1 atom stereocenters. The van der Waals surface area contributed by atoms with Crippen molar-refractivity contribution >= 4 is 5.91 Å². The summed E-state index contributed by atoms with van der Waals surface area (Å²) in [7, 11) is 0. The minimum absolute atomic E-state index is 0.0283. The van der Waals surface area contributed by atoms with Crippen LogP contribution in [0.5, 0.6) is 5.75 Å². The monoisotopic (exact) mass is 526 g/mol. The largest absolute Gasteiger partial charge is 0.486 e. The number of ether oxygens (including phenoxy) is 2. The first-order valence-electron chi connectivity index (χ1n) is 13.4. The van der Waals surface area contributed by atoms with E-state index in [9.17, 15) is 9.18 Å². The molecule has 2 aliphatic heterocycles. The van der Waals surface area contributed by atoms with Gasteiger partial charge in [0.05, 0.1) is 19.3 Å². The Labute approximate surface area is 227 Å². The number of furan rings is 1. The lowest BCUT2D eigenvalue weighted by atomic mass is 9.87. The van der Waals surface area contributed by atoms with E-state index in [0.29, 0.717) is 49.9 Å². The number of halogens is 1. The normalized spacial score (nSPS) is 17.6. The van der Waals surface area contributed by atoms with Crippen LogP contribution in [0.3, 0.4) is 0 Å². The lowest BCUT2D eigenvalue weighted by Gasteiger charge is -2.38. The van der Waals surface area contributed by atoms with Crippen LogP contribution in [-0.4, -0.2) is 48.6 Å². The highest BCUT2D eigenvalue weighted by Gasteiger charge is 2.30. The van der Waals surface area contributed by atoms with Gasteiger partial charge in [-0.05, 0) is 53.4 Å². The molecule has 6 nitrogen and oxygen atoms in total. The van der Waals surface area contributed by atoms with E-state index in [1.54, 1.807) is 23.1 Å². The molecule has 0 bridgehead atoms. The van der Waals surface area contributed by atoms with Crippen molar-refractivity contribution in [3.05, 3.63) is 125 Å². The Morgan fingerprint density at radius 3 is 2.54 bits per heavy atom. The molecule has 1 unspecified atom stereocenters. The Bertz CT molecular complexity index is 1430. The van der Waals surface area contributed by atoms with Crippen molar-refractivity contribution in [2.75, 3.05) is 32.8 Å². The first-order valence-corrected chi connectivity index (χ1v) is 13.4. The average Bonchev–Trinajstić information content (AvgIpc) is 3.46. The van der Waals surface area contributed by atoms with Crippen LogP contribution < -0.4 is 4.74 Å². The molecule has 7 heteroatoms. The van der Waals surface area contributed by atoms with Gasteiger partial charge >= 0.3 is 0 Å². The lowest BCUT2D eigenvalue weighted by Crippen LogP contribution is -2.40. The fraction of sp³-hybridized carbons (Fsp3) is 0.281. The van der Waals surface area contributed by atoms with Crippen LogP contribution in [-0.2, 0) is 24.3 Å². The van der Waals surface area contributed by atoms with Crippen molar-refractivity contribution < 1.29 is 23.1 Å². The van der Waals surface area contributed by atoms with Crippen LogP contribution in [0.4, 0.5) is 4.39 Å². The minimum Gasteiger partial charge on any atom is -0.486 e. The Morgan fingerprint density at radius 2 is 1.72 bits per heavy atom. The maximum absolute atomic E-state index is 14.6. The fourth-order valence-electron chi connectivity index (χ4n) is 5.42. The number of nitrogens with zero attached hydrogens (tertiary/aromatic N) is 2. The average molecular weight is 527 g/mol. The molecule has 0 aliphatic carbocycles. The third-order valence-electron chi connectivity index (χ3n) is 7.44. The summed E-state index contributed by atoms with van der Waals surface area (Å²) < 4.78 is 31.9. The SMILES string of the molecule is O=C(c1ccc(COc2ccc3c(c2)C(c2ccccc2)N(Cc2ccccc2F)CC3)o1)N1CCOCC1. The number of amides is 1. The molecule has 3 heterocycles. The molecule has 4 aromatic rings. The second kappa shape index (κ2) is 11.4. The molecule has 3 aromatic carbocycles. The van der Waals surface area contributed by atoms with Gasteiger partial charge in [-0.2, -0.15) is 0 Å². The second-order valence-corrected chi connectivity index (χ2v) is 9.94. The fourth-order valence-corrected chi connectivity index (χ4v) is 5.42. The summed E-state index contributed by atoms with van der Waals surface area (Å²) in [6.45, 7) is 3.78. The van der Waals surface area contributed by atoms with Crippen molar-refractivity contribution in [1.29, 1.82) is 0 Å². The number of hydrogen-bond acceptors (Lipinski definition) is 5. The van der Waals surface area contributed by atoms with Crippen LogP contribution in [0.2, 0.25) is 0 Å². The maximum Gasteiger partial charge on any atom is 0.289 e. The highest BCUT2D eigenvalue weighted by atomic mass is 19.1. The van der Waals surface area contributed by atoms with Crippen molar-refractivity contribution in [2.45, 2.75) is 25.6 Å². The maximum atomic E-state index is 14.6. The second-order valence-electron chi connectivity index (χ2n) is 9.94. The van der Waals surface area contributed by atoms with Crippen LogP contribution in [0.15, 0.2) is 89.3 Å². The Kier molecular flexibility index (Phi) is 7.43. The van der Waals surface area contributed by atoms with E-state index in [2.05, 4.69) is 29.2 Å². The van der Waals surface area contributed by atoms with Gasteiger partial charge in [-0.3, -0.25) is 9.69 Å². The van der Waals surface area contributed by atoms with Gasteiger partial charge in [0.25, 0.3) is 5.91 Å². The van der Waals surface area contributed by atoms with Gasteiger partial charge in [0.15, 0.2) is 5.76 Å². The topological polar surface area (TPSA) is 55.2 Å². The standard InChI is InChI=1S/C32H31FN2O4/c33-29-9-5-4-8-25(29)21-35-15-14-23-10-11-26(20-28(23)31(35)24-6-2-1-3-7-24)38-22-27-12-13-30(39-27)32(36)34-16-18-37-19-17-34/h1-13,20,31H,14-19,21-22H2. The van der Waals surface area contributed by atoms with Gasteiger partial charge in [0, 0.05) is 31.7 Å². The molecule has 0 N–H and O–H groups in total. The zero-order valence-corrected chi connectivity index (χ0v) is 21.7. The van der Waals surface area contributed by atoms with E-state index in [4.69, 9.17) is 13.9 Å². The summed E-state index contributed by atoms with van der Waals surface area (Å²) in [4.78, 5) is 16.8. The zero-order valence-electron chi connectivity index (χ0n) is 21.7. The molecule has 6 rings (SSSR count). The summed E-state index contributed by atoms with van der Waals surface area (Å²) >= 11 is 0. The van der Waals surface area contributed by atoms with Gasteiger partial charge in [0.1, 0.15) is 23.9 Å². The first kappa shape index (κ1) is 25.3. The van der Waals surface area contributed by atoms with Crippen LogP contribution in [0, 0.1) is 5.82 Å². The molecule has 1 saturated heterocycles. The van der Waals surface area contributed by atoms with E-state index in [-0.39, 0.29) is 24.4 Å². The van der Waals surface area contributed by atoms with E-state index < -0.39 is 0 Å². The molecular weight excluding hydrogens is 495 g/mol. The number of carbonyl (C=O) groups is 1. The van der Waals surface area contributed by atoms with E-state index >= 15 is 0 Å². The number of hydrogen-bond donors (Lipinski definition) is 0. The van der Waals surface area contributed by atoms with E-state index in [0.717, 1.165) is 29.8 Å². The summed E-state index contributed by atoms with van der Waals surface area (Å²) in [5.74, 6) is 1.31. The molecule has 1 aromatic heterocycles. The molecule has 39 heavy (non-hydrogen) atoms. The third kappa shape index (κ3) is 5.60. The van der Waals surface area contributed by atoms with E-state index in [1.807, 2.05) is 36.4 Å². The van der Waals surface area contributed by atoms with Crippen molar-refractivity contribution in [3.8, 4) is 5.75 Å². The molecule has 2 aliphatic rings. The van der Waals surface area contributed by atoms with Gasteiger partial charge < -0.3 is 18.8 Å². The van der Waals surface area contributed by atoms with E-state index in [1.165, 1.54) is 11.6 Å². The van der Waals surface area contributed by atoms with Crippen LogP contribution >= 0.6 is 0 Å². The number of rotatable bonds is 7. The zero-order chi connectivity index (χ0) is 26.6. The predicted octanol–water partition coefficient (Wildman–Crippen LogP) is 5.62. The molecule has 0 radical (unpaired) electrons. The Balaban J connectivity index is 1.21. The predicted molar refractivity (Wildman–Crippen MR) is 145 cm³/mol. The summed E-state index contributed by atoms with van der Waals surface area (Å²) in [6.07, 6.45) is 0.874. The number of benzene rings is 3. The van der Waals surface area contributed by atoms with Gasteiger partial charge in [-0.15, -0.1) is 0 Å². The molecular formula is C32H31FN2O4. The highest BCUT2D eigenvalue weighted by molar-refractivity contribution is 5.91. The molecule has 1 amide bonds. The third-order valence-corrected chi connectivity index (χ3v) is 7.44. The molecule has 0 spiro atoms. The van der Waals surface area contributed by atoms with Crippen LogP contribution in [0.1, 0.15) is 44.6 Å². The first-order chi connectivity index (χ1) is 19.2. The molecule has 0 saturated carbocycles. The number of fused-ring (bicyclic) bond motifs is 1. The van der Waals surface area contributed by atoms with Gasteiger partial charge in [0.2, 0.25) is 0 Å².